The molecule has 0 aliphatic heterocycles. The molecule has 1 atom stereocenters. The van der Waals surface area contributed by atoms with E-state index < -0.39 is 0 Å². The van der Waals surface area contributed by atoms with E-state index in [0.717, 1.165) is 5.56 Å². The number of carbonyl (C=O) groups is 1. The highest BCUT2D eigenvalue weighted by atomic mass is 16.1. The van der Waals surface area contributed by atoms with Crippen molar-refractivity contribution < 1.29 is 4.79 Å². The summed E-state index contributed by atoms with van der Waals surface area (Å²) >= 11 is 0. The Kier molecular flexibility index (Phi) is 3.51. The molecule has 2 rings (SSSR count). The number of rotatable bonds is 3. The maximum atomic E-state index is 12.3. The standard InChI is InChI=1S/C17H20O/c1-11-12(2)14(4)16(13(11)3)10-17(18)15-8-6-5-7-9-15/h5-9,13H,10H2,1-4H3. The predicted molar refractivity (Wildman–Crippen MR) is 75.6 cm³/mol. The van der Waals surface area contributed by atoms with Crippen LogP contribution in [-0.4, -0.2) is 5.78 Å². The topological polar surface area (TPSA) is 17.1 Å². The van der Waals surface area contributed by atoms with E-state index in [2.05, 4.69) is 27.7 Å². The quantitative estimate of drug-likeness (QED) is 0.708. The Balaban J connectivity index is 2.20. The summed E-state index contributed by atoms with van der Waals surface area (Å²) in [7, 11) is 0. The van der Waals surface area contributed by atoms with E-state index in [0.29, 0.717) is 12.3 Å². The van der Waals surface area contributed by atoms with Crippen molar-refractivity contribution in [3.8, 4) is 0 Å². The van der Waals surface area contributed by atoms with Gasteiger partial charge in [0.15, 0.2) is 5.78 Å². The summed E-state index contributed by atoms with van der Waals surface area (Å²) in [5.41, 5.74) is 6.18. The highest BCUT2D eigenvalue weighted by Gasteiger charge is 2.25. The molecule has 0 saturated heterocycles. The number of carbonyl (C=O) groups excluding carboxylic acids is 1. The zero-order valence-corrected chi connectivity index (χ0v) is 11.6. The smallest absolute Gasteiger partial charge is 0.166 e. The highest BCUT2D eigenvalue weighted by molar-refractivity contribution is 5.97. The lowest BCUT2D eigenvalue weighted by molar-refractivity contribution is 0.0991. The minimum atomic E-state index is 0.222. The van der Waals surface area contributed by atoms with Gasteiger partial charge in [-0.25, -0.2) is 0 Å². The summed E-state index contributed by atoms with van der Waals surface area (Å²) in [4.78, 5) is 12.3. The van der Waals surface area contributed by atoms with Gasteiger partial charge in [-0.2, -0.15) is 0 Å². The van der Waals surface area contributed by atoms with Crippen LogP contribution >= 0.6 is 0 Å². The molecule has 1 unspecified atom stereocenters. The van der Waals surface area contributed by atoms with Gasteiger partial charge in [-0.1, -0.05) is 48.4 Å². The van der Waals surface area contributed by atoms with Gasteiger partial charge in [0.05, 0.1) is 0 Å². The predicted octanol–water partition coefficient (Wildman–Crippen LogP) is 4.56. The maximum absolute atomic E-state index is 12.3. The number of ketones is 1. The molecule has 1 aliphatic carbocycles. The number of hydrogen-bond acceptors (Lipinski definition) is 1. The van der Waals surface area contributed by atoms with Gasteiger partial charge >= 0.3 is 0 Å². The molecule has 1 aliphatic rings. The van der Waals surface area contributed by atoms with Gasteiger partial charge in [0.2, 0.25) is 0 Å². The molecule has 0 saturated carbocycles. The highest BCUT2D eigenvalue weighted by Crippen LogP contribution is 2.38. The monoisotopic (exact) mass is 240 g/mol. The second-order valence-corrected chi connectivity index (χ2v) is 5.15. The second-order valence-electron chi connectivity index (χ2n) is 5.15. The van der Waals surface area contributed by atoms with Crippen LogP contribution in [0, 0.1) is 5.92 Å². The molecular weight excluding hydrogens is 220 g/mol. The first-order chi connectivity index (χ1) is 8.52. The summed E-state index contributed by atoms with van der Waals surface area (Å²) in [5, 5.41) is 0. The SMILES string of the molecule is CC1=C(C)C(C)C(CC(=O)c2ccccc2)=C1C. The van der Waals surface area contributed by atoms with Gasteiger partial charge in [0.25, 0.3) is 0 Å². The maximum Gasteiger partial charge on any atom is 0.166 e. The first-order valence-electron chi connectivity index (χ1n) is 6.48. The molecular formula is C17H20O. The molecule has 18 heavy (non-hydrogen) atoms. The van der Waals surface area contributed by atoms with Gasteiger partial charge < -0.3 is 0 Å². The molecule has 0 bridgehead atoms. The van der Waals surface area contributed by atoms with E-state index in [1.165, 1.54) is 22.3 Å². The largest absolute Gasteiger partial charge is 0.294 e. The zero-order valence-electron chi connectivity index (χ0n) is 11.6. The molecule has 0 heterocycles. The van der Waals surface area contributed by atoms with Crippen molar-refractivity contribution in [2.24, 2.45) is 5.92 Å². The van der Waals surface area contributed by atoms with Crippen molar-refractivity contribution >= 4 is 5.78 Å². The minimum absolute atomic E-state index is 0.222. The van der Waals surface area contributed by atoms with Crippen molar-refractivity contribution in [2.45, 2.75) is 34.1 Å². The normalized spacial score (nSPS) is 19.7. The first kappa shape index (κ1) is 12.8. The van der Waals surface area contributed by atoms with Crippen molar-refractivity contribution in [3.05, 3.63) is 58.2 Å². The molecule has 1 nitrogen and oxygen atoms in total. The van der Waals surface area contributed by atoms with E-state index >= 15 is 0 Å². The van der Waals surface area contributed by atoms with Crippen molar-refractivity contribution in [1.82, 2.24) is 0 Å². The summed E-state index contributed by atoms with van der Waals surface area (Å²) in [6, 6.07) is 9.56. The molecule has 0 fully saturated rings. The van der Waals surface area contributed by atoms with Crippen LogP contribution in [0.2, 0.25) is 0 Å². The molecule has 94 valence electrons. The van der Waals surface area contributed by atoms with E-state index in [-0.39, 0.29) is 5.78 Å². The van der Waals surface area contributed by atoms with Gasteiger partial charge in [0.1, 0.15) is 0 Å². The Labute approximate surface area is 109 Å². The zero-order chi connectivity index (χ0) is 13.3. The number of benzene rings is 1. The third-order valence-electron chi connectivity index (χ3n) is 4.25. The Morgan fingerprint density at radius 2 is 1.67 bits per heavy atom. The van der Waals surface area contributed by atoms with E-state index in [1.807, 2.05) is 30.3 Å². The average Bonchev–Trinajstić information content (AvgIpc) is 2.57. The molecule has 0 aromatic heterocycles. The van der Waals surface area contributed by atoms with Crippen molar-refractivity contribution in [1.29, 1.82) is 0 Å². The van der Waals surface area contributed by atoms with Crippen LogP contribution in [0.15, 0.2) is 52.6 Å². The fourth-order valence-corrected chi connectivity index (χ4v) is 2.63. The van der Waals surface area contributed by atoms with E-state index in [4.69, 9.17) is 0 Å². The van der Waals surface area contributed by atoms with Crippen LogP contribution in [0.25, 0.3) is 0 Å². The number of Topliss-reactive ketones (excluding diaryl/α,β-unsaturated/α-hetero) is 1. The Bertz CT molecular complexity index is 532. The van der Waals surface area contributed by atoms with Crippen LogP contribution in [0.1, 0.15) is 44.5 Å². The summed E-state index contributed by atoms with van der Waals surface area (Å²) in [6.07, 6.45) is 0.547. The van der Waals surface area contributed by atoms with Crippen LogP contribution in [-0.2, 0) is 0 Å². The first-order valence-corrected chi connectivity index (χ1v) is 6.48. The third kappa shape index (κ3) is 2.17. The van der Waals surface area contributed by atoms with Gasteiger partial charge in [-0.3, -0.25) is 4.79 Å². The lowest BCUT2D eigenvalue weighted by atomic mass is 9.92. The van der Waals surface area contributed by atoms with Gasteiger partial charge in [0, 0.05) is 12.0 Å². The molecule has 1 heteroatoms. The van der Waals surface area contributed by atoms with Crippen molar-refractivity contribution in [2.75, 3.05) is 0 Å². The van der Waals surface area contributed by atoms with Gasteiger partial charge in [-0.15, -0.1) is 0 Å². The van der Waals surface area contributed by atoms with E-state index in [9.17, 15) is 4.79 Å². The lowest BCUT2D eigenvalue weighted by Crippen LogP contribution is -2.06. The molecule has 0 radical (unpaired) electrons. The molecule has 1 aromatic rings. The summed E-state index contributed by atoms with van der Waals surface area (Å²) < 4.78 is 0. The number of hydrogen-bond donors (Lipinski definition) is 0. The summed E-state index contributed by atoms with van der Waals surface area (Å²) in [5.74, 6) is 0.636. The molecule has 0 amide bonds. The third-order valence-corrected chi connectivity index (χ3v) is 4.25. The Morgan fingerprint density at radius 3 is 2.17 bits per heavy atom. The van der Waals surface area contributed by atoms with E-state index in [1.54, 1.807) is 0 Å². The minimum Gasteiger partial charge on any atom is -0.294 e. The molecule has 0 spiro atoms. The molecule has 1 aromatic carbocycles. The lowest BCUT2D eigenvalue weighted by Gasteiger charge is -2.12. The molecule has 0 N–H and O–H groups in total. The van der Waals surface area contributed by atoms with Crippen LogP contribution in [0.4, 0.5) is 0 Å². The van der Waals surface area contributed by atoms with Crippen LogP contribution in [0.3, 0.4) is 0 Å². The van der Waals surface area contributed by atoms with Gasteiger partial charge in [-0.05, 0) is 37.8 Å². The Hall–Kier alpha value is -1.63. The number of allylic oxidation sites excluding steroid dienone is 4. The average molecular weight is 240 g/mol. The second kappa shape index (κ2) is 4.93. The fourth-order valence-electron chi connectivity index (χ4n) is 2.63. The van der Waals surface area contributed by atoms with Crippen LogP contribution in [0.5, 0.6) is 0 Å². The van der Waals surface area contributed by atoms with Crippen LogP contribution < -0.4 is 0 Å². The fraction of sp³-hybridized carbons (Fsp3) is 0.353. The summed E-state index contributed by atoms with van der Waals surface area (Å²) in [6.45, 7) is 8.66. The van der Waals surface area contributed by atoms with Crippen molar-refractivity contribution in [3.63, 3.8) is 0 Å². The Morgan fingerprint density at radius 1 is 1.06 bits per heavy atom.